The Morgan fingerprint density at radius 1 is 1.29 bits per heavy atom. The van der Waals surface area contributed by atoms with Crippen molar-refractivity contribution < 1.29 is 5.11 Å². The maximum absolute atomic E-state index is 9.85. The summed E-state index contributed by atoms with van der Waals surface area (Å²) in [6.45, 7) is 4.47. The van der Waals surface area contributed by atoms with Crippen molar-refractivity contribution in [2.75, 3.05) is 0 Å². The fourth-order valence-corrected chi connectivity index (χ4v) is 3.12. The minimum Gasteiger partial charge on any atom is -0.393 e. The zero-order valence-corrected chi connectivity index (χ0v) is 10.5. The third-order valence-corrected chi connectivity index (χ3v) is 3.80. The van der Waals surface area contributed by atoms with Gasteiger partial charge in [0.1, 0.15) is 0 Å². The Morgan fingerprint density at radius 3 is 2.82 bits per heavy atom. The van der Waals surface area contributed by atoms with Gasteiger partial charge in [0.25, 0.3) is 0 Å². The van der Waals surface area contributed by atoms with Crippen LogP contribution in [0.4, 0.5) is 0 Å². The molecule has 0 amide bonds. The number of aromatic nitrogens is 1. The first-order chi connectivity index (χ1) is 8.18. The first kappa shape index (κ1) is 10.8. The van der Waals surface area contributed by atoms with Crippen LogP contribution in [-0.2, 0) is 12.8 Å². The summed E-state index contributed by atoms with van der Waals surface area (Å²) < 4.78 is 2.44. The number of nitrogens with zero attached hydrogens (tertiary/aromatic N) is 1. The van der Waals surface area contributed by atoms with E-state index in [-0.39, 0.29) is 6.10 Å². The molecule has 0 radical (unpaired) electrons. The van der Waals surface area contributed by atoms with Crippen molar-refractivity contribution in [2.24, 2.45) is 0 Å². The Labute approximate surface area is 102 Å². The SMILES string of the molecule is CC(C)n1c2c(c3ccccc31)CC(O)CC2. The second kappa shape index (κ2) is 3.88. The summed E-state index contributed by atoms with van der Waals surface area (Å²) in [4.78, 5) is 0. The molecule has 1 unspecified atom stereocenters. The van der Waals surface area contributed by atoms with Crippen molar-refractivity contribution >= 4 is 10.9 Å². The fraction of sp³-hybridized carbons (Fsp3) is 0.467. The summed E-state index contributed by atoms with van der Waals surface area (Å²) in [6.07, 6.45) is 2.56. The second-order valence-corrected chi connectivity index (χ2v) is 5.30. The quantitative estimate of drug-likeness (QED) is 0.798. The van der Waals surface area contributed by atoms with Crippen LogP contribution in [0.25, 0.3) is 10.9 Å². The molecule has 17 heavy (non-hydrogen) atoms. The van der Waals surface area contributed by atoms with Gasteiger partial charge in [-0.25, -0.2) is 0 Å². The van der Waals surface area contributed by atoms with E-state index in [0.29, 0.717) is 6.04 Å². The van der Waals surface area contributed by atoms with Crippen LogP contribution in [0.5, 0.6) is 0 Å². The van der Waals surface area contributed by atoms with Crippen molar-refractivity contribution in [3.05, 3.63) is 35.5 Å². The van der Waals surface area contributed by atoms with Gasteiger partial charge in [-0.15, -0.1) is 0 Å². The van der Waals surface area contributed by atoms with Crippen LogP contribution >= 0.6 is 0 Å². The van der Waals surface area contributed by atoms with Crippen molar-refractivity contribution in [3.63, 3.8) is 0 Å². The lowest BCUT2D eigenvalue weighted by Crippen LogP contribution is -2.20. The molecule has 2 heteroatoms. The average molecular weight is 229 g/mol. The molecule has 1 aromatic carbocycles. The van der Waals surface area contributed by atoms with Crippen molar-refractivity contribution in [1.82, 2.24) is 4.57 Å². The Morgan fingerprint density at radius 2 is 2.06 bits per heavy atom. The molecule has 0 fully saturated rings. The molecule has 2 nitrogen and oxygen atoms in total. The highest BCUT2D eigenvalue weighted by Gasteiger charge is 2.24. The van der Waals surface area contributed by atoms with E-state index in [2.05, 4.69) is 42.7 Å². The van der Waals surface area contributed by atoms with E-state index in [0.717, 1.165) is 19.3 Å². The van der Waals surface area contributed by atoms with Gasteiger partial charge in [-0.3, -0.25) is 0 Å². The van der Waals surface area contributed by atoms with Gasteiger partial charge >= 0.3 is 0 Å². The first-order valence-electron chi connectivity index (χ1n) is 6.47. The minimum absolute atomic E-state index is 0.158. The van der Waals surface area contributed by atoms with Gasteiger partial charge in [0.05, 0.1) is 6.10 Å². The van der Waals surface area contributed by atoms with Crippen LogP contribution in [-0.4, -0.2) is 15.8 Å². The highest BCUT2D eigenvalue weighted by Crippen LogP contribution is 2.34. The molecule has 0 saturated heterocycles. The fourth-order valence-electron chi connectivity index (χ4n) is 3.12. The predicted octanol–water partition coefficient (Wildman–Crippen LogP) is 3.07. The minimum atomic E-state index is -0.158. The normalized spacial score (nSPS) is 19.9. The van der Waals surface area contributed by atoms with Gasteiger partial charge in [0.2, 0.25) is 0 Å². The number of fused-ring (bicyclic) bond motifs is 3. The molecule has 1 heterocycles. The van der Waals surface area contributed by atoms with Crippen LogP contribution in [0, 0.1) is 0 Å². The number of aliphatic hydroxyl groups excluding tert-OH is 1. The number of rotatable bonds is 1. The van der Waals surface area contributed by atoms with Gasteiger partial charge in [-0.2, -0.15) is 0 Å². The maximum atomic E-state index is 9.85. The molecule has 1 aliphatic carbocycles. The van der Waals surface area contributed by atoms with E-state index >= 15 is 0 Å². The summed E-state index contributed by atoms with van der Waals surface area (Å²) >= 11 is 0. The first-order valence-corrected chi connectivity index (χ1v) is 6.47. The van der Waals surface area contributed by atoms with E-state index in [1.807, 2.05) is 0 Å². The number of para-hydroxylation sites is 1. The molecule has 2 aromatic rings. The summed E-state index contributed by atoms with van der Waals surface area (Å²) in [6, 6.07) is 9.06. The van der Waals surface area contributed by atoms with Crippen LogP contribution in [0.2, 0.25) is 0 Å². The average Bonchev–Trinajstić information content (AvgIpc) is 2.63. The predicted molar refractivity (Wildman–Crippen MR) is 70.4 cm³/mol. The lowest BCUT2D eigenvalue weighted by Gasteiger charge is -2.21. The molecule has 0 spiro atoms. The topological polar surface area (TPSA) is 25.2 Å². The third-order valence-electron chi connectivity index (χ3n) is 3.80. The Bertz CT molecular complexity index is 553. The second-order valence-electron chi connectivity index (χ2n) is 5.30. The number of hydrogen-bond donors (Lipinski definition) is 1. The van der Waals surface area contributed by atoms with Crippen LogP contribution in [0.15, 0.2) is 24.3 Å². The van der Waals surface area contributed by atoms with Gasteiger partial charge in [-0.1, -0.05) is 18.2 Å². The summed E-state index contributed by atoms with van der Waals surface area (Å²) in [5, 5.41) is 11.2. The van der Waals surface area contributed by atoms with Gasteiger partial charge < -0.3 is 9.67 Å². The molecule has 1 atom stereocenters. The zero-order chi connectivity index (χ0) is 12.0. The van der Waals surface area contributed by atoms with E-state index in [1.54, 1.807) is 0 Å². The highest BCUT2D eigenvalue weighted by atomic mass is 16.3. The number of aliphatic hydroxyl groups is 1. The largest absolute Gasteiger partial charge is 0.393 e. The van der Waals surface area contributed by atoms with Crippen LogP contribution in [0.1, 0.15) is 37.6 Å². The molecular weight excluding hydrogens is 210 g/mol. The third kappa shape index (κ3) is 1.59. The lowest BCUT2D eigenvalue weighted by atomic mass is 9.93. The Kier molecular flexibility index (Phi) is 2.48. The molecule has 90 valence electrons. The summed E-state index contributed by atoms with van der Waals surface area (Å²) in [5.74, 6) is 0. The Hall–Kier alpha value is -1.28. The smallest absolute Gasteiger partial charge is 0.0585 e. The molecule has 3 rings (SSSR count). The summed E-state index contributed by atoms with van der Waals surface area (Å²) in [5.41, 5.74) is 4.13. The van der Waals surface area contributed by atoms with E-state index in [1.165, 1.54) is 22.2 Å². The molecular formula is C15H19NO. The highest BCUT2D eigenvalue weighted by molar-refractivity contribution is 5.86. The lowest BCUT2D eigenvalue weighted by molar-refractivity contribution is 0.157. The van der Waals surface area contributed by atoms with Crippen molar-refractivity contribution in [1.29, 1.82) is 0 Å². The standard InChI is InChI=1S/C15H19NO/c1-10(2)16-14-6-4-3-5-12(14)13-9-11(17)7-8-15(13)16/h3-6,10-11,17H,7-9H2,1-2H3. The monoisotopic (exact) mass is 229 g/mol. The molecule has 1 aromatic heterocycles. The maximum Gasteiger partial charge on any atom is 0.0585 e. The van der Waals surface area contributed by atoms with Gasteiger partial charge in [-0.05, 0) is 38.3 Å². The molecule has 0 saturated carbocycles. The van der Waals surface area contributed by atoms with Gasteiger partial charge in [0.15, 0.2) is 0 Å². The van der Waals surface area contributed by atoms with E-state index in [4.69, 9.17) is 0 Å². The molecule has 1 aliphatic rings. The van der Waals surface area contributed by atoms with Crippen molar-refractivity contribution in [3.8, 4) is 0 Å². The van der Waals surface area contributed by atoms with Crippen molar-refractivity contribution in [2.45, 2.75) is 45.3 Å². The van der Waals surface area contributed by atoms with E-state index in [9.17, 15) is 5.11 Å². The number of benzene rings is 1. The zero-order valence-electron chi connectivity index (χ0n) is 10.5. The van der Waals surface area contributed by atoms with E-state index < -0.39 is 0 Å². The van der Waals surface area contributed by atoms with Crippen LogP contribution < -0.4 is 0 Å². The number of hydrogen-bond acceptors (Lipinski definition) is 1. The Balaban J connectivity index is 2.32. The summed E-state index contributed by atoms with van der Waals surface area (Å²) in [7, 11) is 0. The molecule has 1 N–H and O–H groups in total. The molecule has 0 aliphatic heterocycles. The van der Waals surface area contributed by atoms with Crippen LogP contribution in [0.3, 0.4) is 0 Å². The van der Waals surface area contributed by atoms with Gasteiger partial charge in [0, 0.05) is 29.1 Å². The molecule has 0 bridgehead atoms.